The Hall–Kier alpha value is -3.98. The number of H-pyrrole nitrogens is 1. The molecular weight excluding hydrogens is 362 g/mol. The van der Waals surface area contributed by atoms with Crippen molar-refractivity contribution in [1.82, 2.24) is 15.0 Å². The smallest absolute Gasteiger partial charge is 0.249 e. The highest BCUT2D eigenvalue weighted by atomic mass is 16.1. The highest BCUT2D eigenvalue weighted by molar-refractivity contribution is 5.90. The fraction of sp³-hybridized carbons (Fsp3) is 0.130. The van der Waals surface area contributed by atoms with E-state index in [1.807, 2.05) is 57.3 Å². The Morgan fingerprint density at radius 1 is 1.00 bits per heavy atom. The quantitative estimate of drug-likeness (QED) is 0.555. The van der Waals surface area contributed by atoms with E-state index in [4.69, 9.17) is 4.98 Å². The highest BCUT2D eigenvalue weighted by Crippen LogP contribution is 2.34. The maximum atomic E-state index is 11.8. The third-order valence-corrected chi connectivity index (χ3v) is 4.86. The van der Waals surface area contributed by atoms with Crippen LogP contribution in [0.3, 0.4) is 0 Å². The lowest BCUT2D eigenvalue weighted by atomic mass is 9.96. The van der Waals surface area contributed by atoms with Crippen molar-refractivity contribution in [2.75, 3.05) is 12.4 Å². The first kappa shape index (κ1) is 18.4. The molecule has 0 aliphatic rings. The largest absolute Gasteiger partial charge is 0.373 e. The number of aryl methyl sites for hydroxylation is 2. The van der Waals surface area contributed by atoms with Crippen LogP contribution in [-0.2, 0) is 0 Å². The Labute approximate surface area is 167 Å². The second kappa shape index (κ2) is 7.21. The molecule has 0 bridgehead atoms. The number of pyridine rings is 3. The molecule has 0 unspecified atom stereocenters. The molecule has 3 heterocycles. The highest BCUT2D eigenvalue weighted by Gasteiger charge is 2.14. The van der Waals surface area contributed by atoms with E-state index in [1.54, 1.807) is 6.07 Å². The molecule has 0 amide bonds. The third kappa shape index (κ3) is 3.46. The Bertz CT molecular complexity index is 1350. The van der Waals surface area contributed by atoms with Gasteiger partial charge in [-0.2, -0.15) is 5.26 Å². The fourth-order valence-electron chi connectivity index (χ4n) is 3.36. The normalized spacial score (nSPS) is 10.7. The zero-order valence-corrected chi connectivity index (χ0v) is 16.4. The lowest BCUT2D eigenvalue weighted by Crippen LogP contribution is -2.05. The van der Waals surface area contributed by atoms with E-state index in [0.717, 1.165) is 39.2 Å². The van der Waals surface area contributed by atoms with Gasteiger partial charge in [-0.1, -0.05) is 12.1 Å². The van der Waals surface area contributed by atoms with Gasteiger partial charge in [0.25, 0.3) is 0 Å². The van der Waals surface area contributed by atoms with Gasteiger partial charge in [0.15, 0.2) is 0 Å². The molecule has 2 N–H and O–H groups in total. The molecule has 3 aromatic heterocycles. The minimum Gasteiger partial charge on any atom is -0.373 e. The molecular formula is C23H19N5O. The van der Waals surface area contributed by atoms with Crippen LogP contribution in [-0.4, -0.2) is 22.0 Å². The first-order valence-corrected chi connectivity index (χ1v) is 9.20. The summed E-state index contributed by atoms with van der Waals surface area (Å²) < 4.78 is 0. The maximum absolute atomic E-state index is 11.8. The van der Waals surface area contributed by atoms with Crippen LogP contribution in [0.25, 0.3) is 33.4 Å². The summed E-state index contributed by atoms with van der Waals surface area (Å²) in [6.07, 6.45) is 0. The molecule has 4 rings (SSSR count). The molecule has 29 heavy (non-hydrogen) atoms. The number of benzene rings is 1. The number of hydrogen-bond acceptors (Lipinski definition) is 5. The first-order valence-electron chi connectivity index (χ1n) is 9.20. The Balaban J connectivity index is 2.06. The molecule has 0 fully saturated rings. The molecule has 0 atom stereocenters. The molecule has 0 saturated heterocycles. The maximum Gasteiger partial charge on any atom is 0.249 e. The number of rotatable bonds is 3. The van der Waals surface area contributed by atoms with Crippen LogP contribution in [0.4, 0.5) is 5.82 Å². The van der Waals surface area contributed by atoms with E-state index in [-0.39, 0.29) is 5.56 Å². The van der Waals surface area contributed by atoms with Crippen LogP contribution in [0.2, 0.25) is 0 Å². The lowest BCUT2D eigenvalue weighted by Gasteiger charge is -2.13. The van der Waals surface area contributed by atoms with Gasteiger partial charge in [0, 0.05) is 35.3 Å². The molecule has 0 saturated carbocycles. The average Bonchev–Trinajstić information content (AvgIpc) is 2.72. The van der Waals surface area contributed by atoms with Crippen molar-refractivity contribution in [1.29, 1.82) is 5.26 Å². The SMILES string of the molecule is CNc1cc(-c2cc3ccc(=O)[nH]c3nc2-c2ccc(C)c(C#N)c2)cc(C)n1. The zero-order chi connectivity index (χ0) is 20.5. The van der Waals surface area contributed by atoms with Crippen LogP contribution in [0.1, 0.15) is 16.8 Å². The summed E-state index contributed by atoms with van der Waals surface area (Å²) in [4.78, 5) is 23.8. The van der Waals surface area contributed by atoms with Crippen LogP contribution in [0, 0.1) is 25.2 Å². The summed E-state index contributed by atoms with van der Waals surface area (Å²) >= 11 is 0. The molecule has 142 valence electrons. The van der Waals surface area contributed by atoms with Crippen molar-refractivity contribution in [3.8, 4) is 28.5 Å². The molecule has 0 spiro atoms. The van der Waals surface area contributed by atoms with Gasteiger partial charge in [0.2, 0.25) is 5.56 Å². The molecule has 0 radical (unpaired) electrons. The molecule has 4 aromatic rings. The van der Waals surface area contributed by atoms with Crippen LogP contribution in [0.5, 0.6) is 0 Å². The van der Waals surface area contributed by atoms with Crippen molar-refractivity contribution in [3.05, 3.63) is 75.7 Å². The van der Waals surface area contributed by atoms with Gasteiger partial charge in [0.1, 0.15) is 11.5 Å². The van der Waals surface area contributed by atoms with Gasteiger partial charge in [-0.05, 0) is 55.3 Å². The second-order valence-electron chi connectivity index (χ2n) is 6.92. The summed E-state index contributed by atoms with van der Waals surface area (Å²) in [7, 11) is 1.83. The number of anilines is 1. The van der Waals surface area contributed by atoms with Crippen molar-refractivity contribution in [3.63, 3.8) is 0 Å². The Morgan fingerprint density at radius 2 is 1.83 bits per heavy atom. The van der Waals surface area contributed by atoms with Gasteiger partial charge >= 0.3 is 0 Å². The standard InChI is InChI=1S/C23H19N5O/c1-13-4-5-15(9-18(13)12-24)22-19(17-8-14(2)26-20(11-17)25-3)10-16-6-7-21(29)27-23(16)28-22/h4-11H,1-3H3,(H,25,26)(H,27,28,29). The number of hydrogen-bond donors (Lipinski definition) is 2. The van der Waals surface area contributed by atoms with E-state index in [0.29, 0.717) is 16.9 Å². The van der Waals surface area contributed by atoms with E-state index in [9.17, 15) is 10.1 Å². The molecule has 0 aliphatic carbocycles. The van der Waals surface area contributed by atoms with E-state index in [1.165, 1.54) is 6.07 Å². The second-order valence-corrected chi connectivity index (χ2v) is 6.92. The van der Waals surface area contributed by atoms with Crippen molar-refractivity contribution in [2.24, 2.45) is 0 Å². The zero-order valence-electron chi connectivity index (χ0n) is 16.4. The van der Waals surface area contributed by atoms with Crippen LogP contribution >= 0.6 is 0 Å². The summed E-state index contributed by atoms with van der Waals surface area (Å²) in [5.41, 5.74) is 6.05. The predicted octanol–water partition coefficient (Wildman–Crippen LogP) is 4.18. The van der Waals surface area contributed by atoms with Gasteiger partial charge in [-0.3, -0.25) is 4.79 Å². The van der Waals surface area contributed by atoms with E-state index < -0.39 is 0 Å². The number of aromatic nitrogens is 3. The van der Waals surface area contributed by atoms with Gasteiger partial charge in [-0.15, -0.1) is 0 Å². The molecule has 6 nitrogen and oxygen atoms in total. The summed E-state index contributed by atoms with van der Waals surface area (Å²) in [6.45, 7) is 3.84. The monoisotopic (exact) mass is 381 g/mol. The Kier molecular flexibility index (Phi) is 4.57. The van der Waals surface area contributed by atoms with E-state index >= 15 is 0 Å². The summed E-state index contributed by atoms with van der Waals surface area (Å²) in [5.74, 6) is 0.758. The fourth-order valence-corrected chi connectivity index (χ4v) is 3.36. The van der Waals surface area contributed by atoms with Crippen LogP contribution < -0.4 is 10.9 Å². The third-order valence-electron chi connectivity index (χ3n) is 4.86. The predicted molar refractivity (Wildman–Crippen MR) is 115 cm³/mol. The average molecular weight is 381 g/mol. The van der Waals surface area contributed by atoms with Crippen molar-refractivity contribution >= 4 is 16.9 Å². The number of aromatic amines is 1. The summed E-state index contributed by atoms with van der Waals surface area (Å²) in [6, 6.07) is 17.1. The first-order chi connectivity index (χ1) is 14.0. The number of nitrogens with one attached hydrogen (secondary N) is 2. The van der Waals surface area contributed by atoms with Crippen molar-refractivity contribution < 1.29 is 0 Å². The topological polar surface area (TPSA) is 94.5 Å². The summed E-state index contributed by atoms with van der Waals surface area (Å²) in [5, 5.41) is 13.4. The number of nitriles is 1. The Morgan fingerprint density at radius 3 is 2.59 bits per heavy atom. The van der Waals surface area contributed by atoms with E-state index in [2.05, 4.69) is 21.4 Å². The minimum atomic E-state index is -0.206. The molecule has 0 aliphatic heterocycles. The number of nitrogens with zero attached hydrogens (tertiary/aromatic N) is 3. The lowest BCUT2D eigenvalue weighted by molar-refractivity contribution is 1.19. The van der Waals surface area contributed by atoms with Gasteiger partial charge < -0.3 is 10.3 Å². The van der Waals surface area contributed by atoms with Gasteiger partial charge in [0.05, 0.1) is 17.3 Å². The van der Waals surface area contributed by atoms with Gasteiger partial charge in [-0.25, -0.2) is 9.97 Å². The van der Waals surface area contributed by atoms with Crippen molar-refractivity contribution in [2.45, 2.75) is 13.8 Å². The minimum absolute atomic E-state index is 0.206. The molecule has 1 aromatic carbocycles. The number of fused-ring (bicyclic) bond motifs is 1. The van der Waals surface area contributed by atoms with Crippen LogP contribution in [0.15, 0.2) is 53.3 Å². The molecule has 6 heteroatoms.